The molecule has 160 valence electrons. The Morgan fingerprint density at radius 3 is 2.44 bits per heavy atom. The van der Waals surface area contributed by atoms with Crippen molar-refractivity contribution in [1.29, 1.82) is 0 Å². The van der Waals surface area contributed by atoms with Gasteiger partial charge in [-0.1, -0.05) is 24.3 Å². The van der Waals surface area contributed by atoms with E-state index >= 15 is 0 Å². The Morgan fingerprint density at radius 1 is 0.906 bits per heavy atom. The minimum Gasteiger partial charge on any atom is -0.397 e. The van der Waals surface area contributed by atoms with E-state index < -0.39 is 0 Å². The number of fused-ring (bicyclic) bond motifs is 1. The first-order valence-corrected chi connectivity index (χ1v) is 10.3. The minimum absolute atomic E-state index is 0.123. The van der Waals surface area contributed by atoms with E-state index in [1.807, 2.05) is 42.5 Å². The van der Waals surface area contributed by atoms with Crippen LogP contribution in [-0.4, -0.2) is 21.8 Å². The SMILES string of the molecule is CC(=O)Nc1ccc2ncnc(CCc3ccc(C(=O)Nc4ccccc4N)cc3)c2c1. The van der Waals surface area contributed by atoms with Crippen LogP contribution in [0.1, 0.15) is 28.5 Å². The summed E-state index contributed by atoms with van der Waals surface area (Å²) in [5.74, 6) is -0.330. The second kappa shape index (κ2) is 9.26. The van der Waals surface area contributed by atoms with Crippen molar-refractivity contribution in [2.24, 2.45) is 0 Å². The molecule has 4 aromatic rings. The van der Waals surface area contributed by atoms with Gasteiger partial charge in [0.2, 0.25) is 5.91 Å². The Balaban J connectivity index is 1.45. The van der Waals surface area contributed by atoms with Gasteiger partial charge in [0.25, 0.3) is 5.91 Å². The van der Waals surface area contributed by atoms with Crippen LogP contribution in [0.25, 0.3) is 10.9 Å². The number of para-hydroxylation sites is 2. The normalized spacial score (nSPS) is 10.7. The van der Waals surface area contributed by atoms with Gasteiger partial charge in [-0.25, -0.2) is 9.97 Å². The molecule has 0 spiro atoms. The molecule has 0 radical (unpaired) electrons. The van der Waals surface area contributed by atoms with E-state index in [4.69, 9.17) is 5.73 Å². The molecule has 0 saturated carbocycles. The molecule has 4 rings (SSSR count). The molecule has 2 amide bonds. The zero-order chi connectivity index (χ0) is 22.5. The van der Waals surface area contributed by atoms with Crippen LogP contribution in [0.2, 0.25) is 0 Å². The summed E-state index contributed by atoms with van der Waals surface area (Å²) >= 11 is 0. The number of amides is 2. The van der Waals surface area contributed by atoms with E-state index in [0.717, 1.165) is 34.3 Å². The summed E-state index contributed by atoms with van der Waals surface area (Å²) < 4.78 is 0. The third-order valence-electron chi connectivity index (χ3n) is 5.11. The molecule has 0 aliphatic carbocycles. The van der Waals surface area contributed by atoms with Gasteiger partial charge in [-0.2, -0.15) is 0 Å². The minimum atomic E-state index is -0.207. The van der Waals surface area contributed by atoms with E-state index in [1.54, 1.807) is 30.6 Å². The molecular weight excluding hydrogens is 402 g/mol. The maximum atomic E-state index is 12.5. The number of nitrogens with one attached hydrogen (secondary N) is 2. The van der Waals surface area contributed by atoms with E-state index in [2.05, 4.69) is 20.6 Å². The second-order valence-corrected chi connectivity index (χ2v) is 7.47. The molecule has 1 aromatic heterocycles. The Kier molecular flexibility index (Phi) is 6.07. The van der Waals surface area contributed by atoms with Gasteiger partial charge in [0, 0.05) is 23.6 Å². The first-order chi connectivity index (χ1) is 15.5. The lowest BCUT2D eigenvalue weighted by Crippen LogP contribution is -2.13. The Morgan fingerprint density at radius 2 is 1.69 bits per heavy atom. The monoisotopic (exact) mass is 425 g/mol. The smallest absolute Gasteiger partial charge is 0.255 e. The number of aromatic nitrogens is 2. The van der Waals surface area contributed by atoms with Gasteiger partial charge < -0.3 is 16.4 Å². The summed E-state index contributed by atoms with van der Waals surface area (Å²) in [6, 6.07) is 20.2. The van der Waals surface area contributed by atoms with E-state index in [1.165, 1.54) is 6.92 Å². The number of anilines is 3. The van der Waals surface area contributed by atoms with Crippen molar-refractivity contribution in [2.75, 3.05) is 16.4 Å². The molecule has 0 aliphatic heterocycles. The predicted octanol–water partition coefficient (Wildman–Crippen LogP) is 4.21. The highest BCUT2D eigenvalue weighted by Gasteiger charge is 2.09. The Hall–Kier alpha value is -4.26. The number of aryl methyl sites for hydroxylation is 2. The fourth-order valence-corrected chi connectivity index (χ4v) is 3.48. The maximum absolute atomic E-state index is 12.5. The summed E-state index contributed by atoms with van der Waals surface area (Å²) in [7, 11) is 0. The first kappa shape index (κ1) is 21.0. The fourth-order valence-electron chi connectivity index (χ4n) is 3.48. The van der Waals surface area contributed by atoms with Crippen LogP contribution in [0.4, 0.5) is 17.1 Å². The van der Waals surface area contributed by atoms with Crippen molar-refractivity contribution in [1.82, 2.24) is 9.97 Å². The first-order valence-electron chi connectivity index (χ1n) is 10.3. The molecule has 7 heteroatoms. The standard InChI is InChI=1S/C25H23N5O2/c1-16(31)29-19-11-13-23-20(14-19)22(27-15-28-23)12-8-17-6-9-18(10-7-17)25(32)30-24-5-3-2-4-21(24)26/h2-7,9-11,13-15H,8,12,26H2,1H3,(H,29,31)(H,30,32). The zero-order valence-electron chi connectivity index (χ0n) is 17.6. The topological polar surface area (TPSA) is 110 Å². The lowest BCUT2D eigenvalue weighted by Gasteiger charge is -2.09. The number of nitrogens with zero attached hydrogens (tertiary/aromatic N) is 2. The second-order valence-electron chi connectivity index (χ2n) is 7.47. The summed E-state index contributed by atoms with van der Waals surface area (Å²) in [5, 5.41) is 6.54. The van der Waals surface area contributed by atoms with Crippen LogP contribution >= 0.6 is 0 Å². The highest BCUT2D eigenvalue weighted by atomic mass is 16.2. The molecule has 0 bridgehead atoms. The third kappa shape index (κ3) is 4.89. The van der Waals surface area contributed by atoms with Crippen molar-refractivity contribution in [3.63, 3.8) is 0 Å². The van der Waals surface area contributed by atoms with E-state index in [-0.39, 0.29) is 11.8 Å². The quantitative estimate of drug-likeness (QED) is 0.401. The molecule has 0 aliphatic rings. The van der Waals surface area contributed by atoms with Crippen LogP contribution in [-0.2, 0) is 17.6 Å². The van der Waals surface area contributed by atoms with Crippen molar-refractivity contribution in [3.05, 3.63) is 89.9 Å². The van der Waals surface area contributed by atoms with Gasteiger partial charge in [-0.05, 0) is 60.9 Å². The predicted molar refractivity (Wildman–Crippen MR) is 126 cm³/mol. The molecule has 3 aromatic carbocycles. The summed E-state index contributed by atoms with van der Waals surface area (Å²) in [6.07, 6.45) is 3.01. The summed E-state index contributed by atoms with van der Waals surface area (Å²) in [5.41, 5.74) is 11.1. The van der Waals surface area contributed by atoms with Crippen molar-refractivity contribution >= 4 is 39.8 Å². The molecular formula is C25H23N5O2. The van der Waals surface area contributed by atoms with Crippen molar-refractivity contribution < 1.29 is 9.59 Å². The van der Waals surface area contributed by atoms with Crippen LogP contribution in [0.15, 0.2) is 73.1 Å². The number of hydrogen-bond donors (Lipinski definition) is 3. The number of carbonyl (C=O) groups is 2. The summed E-state index contributed by atoms with van der Waals surface area (Å²) in [4.78, 5) is 32.6. The lowest BCUT2D eigenvalue weighted by molar-refractivity contribution is -0.114. The number of nitrogens with two attached hydrogens (primary N) is 1. The van der Waals surface area contributed by atoms with Crippen LogP contribution in [0.3, 0.4) is 0 Å². The number of hydrogen-bond acceptors (Lipinski definition) is 5. The van der Waals surface area contributed by atoms with E-state index in [9.17, 15) is 9.59 Å². The van der Waals surface area contributed by atoms with Gasteiger partial charge in [0.05, 0.1) is 22.6 Å². The van der Waals surface area contributed by atoms with Crippen molar-refractivity contribution in [3.8, 4) is 0 Å². The Labute approximate surface area is 185 Å². The van der Waals surface area contributed by atoms with Gasteiger partial charge in [-0.3, -0.25) is 9.59 Å². The lowest BCUT2D eigenvalue weighted by atomic mass is 10.0. The zero-order valence-corrected chi connectivity index (χ0v) is 17.6. The van der Waals surface area contributed by atoms with Gasteiger partial charge in [-0.15, -0.1) is 0 Å². The Bertz CT molecular complexity index is 1290. The fraction of sp³-hybridized carbons (Fsp3) is 0.120. The third-order valence-corrected chi connectivity index (χ3v) is 5.11. The molecule has 4 N–H and O–H groups in total. The average Bonchev–Trinajstić information content (AvgIpc) is 2.79. The van der Waals surface area contributed by atoms with Gasteiger partial charge in [0.1, 0.15) is 6.33 Å². The van der Waals surface area contributed by atoms with Crippen LogP contribution in [0.5, 0.6) is 0 Å². The largest absolute Gasteiger partial charge is 0.397 e. The molecule has 0 atom stereocenters. The van der Waals surface area contributed by atoms with Gasteiger partial charge in [0.15, 0.2) is 0 Å². The molecule has 0 saturated heterocycles. The summed E-state index contributed by atoms with van der Waals surface area (Å²) in [6.45, 7) is 1.48. The highest BCUT2D eigenvalue weighted by molar-refractivity contribution is 6.05. The van der Waals surface area contributed by atoms with Crippen molar-refractivity contribution in [2.45, 2.75) is 19.8 Å². The maximum Gasteiger partial charge on any atom is 0.255 e. The molecule has 32 heavy (non-hydrogen) atoms. The average molecular weight is 425 g/mol. The molecule has 0 unspecified atom stereocenters. The van der Waals surface area contributed by atoms with Crippen LogP contribution < -0.4 is 16.4 Å². The molecule has 0 fully saturated rings. The number of rotatable bonds is 6. The van der Waals surface area contributed by atoms with Crippen LogP contribution in [0, 0.1) is 0 Å². The molecule has 7 nitrogen and oxygen atoms in total. The van der Waals surface area contributed by atoms with E-state index in [0.29, 0.717) is 23.4 Å². The number of benzene rings is 3. The van der Waals surface area contributed by atoms with Gasteiger partial charge >= 0.3 is 0 Å². The molecule has 1 heterocycles. The highest BCUT2D eigenvalue weighted by Crippen LogP contribution is 2.22. The number of carbonyl (C=O) groups excluding carboxylic acids is 2. The number of nitrogen functional groups attached to an aromatic ring is 1.